The quantitative estimate of drug-likeness (QED) is 0.711. The summed E-state index contributed by atoms with van der Waals surface area (Å²) in [6.07, 6.45) is -3.77. The van der Waals surface area contributed by atoms with Crippen LogP contribution in [0.25, 0.3) is 0 Å². The molecule has 0 aromatic rings. The number of hydrogen-bond donors (Lipinski definition) is 2. The zero-order valence-corrected chi connectivity index (χ0v) is 9.21. The number of amides is 1. The molecule has 17 heavy (non-hydrogen) atoms. The summed E-state index contributed by atoms with van der Waals surface area (Å²) in [6.45, 7) is -0.624. The molecule has 0 aliphatic heterocycles. The number of rotatable bonds is 7. The summed E-state index contributed by atoms with van der Waals surface area (Å²) in [7, 11) is 0. The maximum Gasteiger partial charge on any atom is 0.411 e. The van der Waals surface area contributed by atoms with Gasteiger partial charge in [-0.15, -0.1) is 0 Å². The fraction of sp³-hybridized carbons (Fsp3) is 0.778. The van der Waals surface area contributed by atoms with Gasteiger partial charge in [0.1, 0.15) is 19.3 Å². The molecule has 0 spiro atoms. The van der Waals surface area contributed by atoms with Crippen LogP contribution in [0.1, 0.15) is 19.8 Å². The second kappa shape index (κ2) is 7.10. The molecule has 0 saturated carbocycles. The number of aliphatic carboxylic acids is 1. The van der Waals surface area contributed by atoms with Gasteiger partial charge in [0, 0.05) is 0 Å². The number of ether oxygens (including phenoxy) is 1. The Balaban J connectivity index is 3.95. The van der Waals surface area contributed by atoms with Crippen LogP contribution in [0.5, 0.6) is 0 Å². The molecular formula is C9H14F3NO4. The zero-order valence-electron chi connectivity index (χ0n) is 9.21. The highest BCUT2D eigenvalue weighted by Crippen LogP contribution is 2.14. The second-order valence-electron chi connectivity index (χ2n) is 3.35. The molecule has 8 heteroatoms. The van der Waals surface area contributed by atoms with E-state index in [1.54, 1.807) is 6.92 Å². The van der Waals surface area contributed by atoms with Gasteiger partial charge in [0.15, 0.2) is 0 Å². The Hall–Kier alpha value is -1.31. The average Bonchev–Trinajstić information content (AvgIpc) is 2.14. The molecule has 0 rings (SSSR count). The Morgan fingerprint density at radius 1 is 1.41 bits per heavy atom. The number of carbonyl (C=O) groups is 2. The van der Waals surface area contributed by atoms with Gasteiger partial charge in [0.2, 0.25) is 5.91 Å². The van der Waals surface area contributed by atoms with Crippen molar-refractivity contribution >= 4 is 11.9 Å². The van der Waals surface area contributed by atoms with Crippen molar-refractivity contribution in [3.63, 3.8) is 0 Å². The average molecular weight is 257 g/mol. The van der Waals surface area contributed by atoms with Crippen molar-refractivity contribution in [3.05, 3.63) is 0 Å². The van der Waals surface area contributed by atoms with Gasteiger partial charge in [-0.25, -0.2) is 4.79 Å². The number of carboxylic acids is 1. The molecule has 0 fully saturated rings. The molecule has 0 aliphatic rings. The van der Waals surface area contributed by atoms with E-state index in [9.17, 15) is 22.8 Å². The smallest absolute Gasteiger partial charge is 0.411 e. The number of nitrogens with one attached hydrogen (secondary N) is 1. The lowest BCUT2D eigenvalue weighted by molar-refractivity contribution is -0.176. The predicted molar refractivity (Wildman–Crippen MR) is 51.3 cm³/mol. The molecule has 0 aliphatic carbocycles. The Labute approximate surface area is 95.9 Å². The number of hydrogen-bond acceptors (Lipinski definition) is 3. The summed E-state index contributed by atoms with van der Waals surface area (Å²) in [4.78, 5) is 21.7. The first-order chi connectivity index (χ1) is 7.76. The highest BCUT2D eigenvalue weighted by Gasteiger charge is 2.28. The number of alkyl halides is 3. The van der Waals surface area contributed by atoms with Crippen LogP contribution < -0.4 is 5.32 Å². The highest BCUT2D eigenvalue weighted by molar-refractivity contribution is 5.84. The first-order valence-corrected chi connectivity index (χ1v) is 4.93. The second-order valence-corrected chi connectivity index (χ2v) is 3.35. The van der Waals surface area contributed by atoms with Crippen LogP contribution in [0.15, 0.2) is 0 Å². The topological polar surface area (TPSA) is 75.6 Å². The third kappa shape index (κ3) is 8.49. The third-order valence-corrected chi connectivity index (χ3v) is 1.71. The summed E-state index contributed by atoms with van der Waals surface area (Å²) in [5, 5.41) is 10.7. The fourth-order valence-corrected chi connectivity index (χ4v) is 1.04. The lowest BCUT2D eigenvalue weighted by Gasteiger charge is -2.13. The molecule has 0 radical (unpaired) electrons. The minimum atomic E-state index is -4.50. The number of carboxylic acid groups (broad SMARTS) is 1. The van der Waals surface area contributed by atoms with E-state index in [2.05, 4.69) is 10.1 Å². The van der Waals surface area contributed by atoms with Crippen molar-refractivity contribution < 1.29 is 32.6 Å². The van der Waals surface area contributed by atoms with Crippen LogP contribution in [-0.4, -0.2) is 42.4 Å². The van der Waals surface area contributed by atoms with Crippen LogP contribution in [-0.2, 0) is 14.3 Å². The predicted octanol–water partition coefficient (Wildman–Crippen LogP) is 0.935. The molecule has 100 valence electrons. The first-order valence-electron chi connectivity index (χ1n) is 4.93. The van der Waals surface area contributed by atoms with E-state index >= 15 is 0 Å². The molecule has 1 atom stereocenters. The fourth-order valence-electron chi connectivity index (χ4n) is 1.04. The van der Waals surface area contributed by atoms with E-state index in [1.807, 2.05) is 0 Å². The molecule has 0 aromatic carbocycles. The van der Waals surface area contributed by atoms with Gasteiger partial charge in [0.25, 0.3) is 0 Å². The summed E-state index contributed by atoms with van der Waals surface area (Å²) in [5.41, 5.74) is 0. The first kappa shape index (κ1) is 15.7. The van der Waals surface area contributed by atoms with E-state index < -0.39 is 37.3 Å². The van der Waals surface area contributed by atoms with Crippen LogP contribution in [0.4, 0.5) is 13.2 Å². The molecule has 2 N–H and O–H groups in total. The van der Waals surface area contributed by atoms with Gasteiger partial charge in [-0.1, -0.05) is 13.3 Å². The van der Waals surface area contributed by atoms with Crippen molar-refractivity contribution in [1.29, 1.82) is 0 Å². The van der Waals surface area contributed by atoms with Crippen molar-refractivity contribution in [2.75, 3.05) is 13.2 Å². The SMILES string of the molecule is CCC[C@@H](NC(=O)COCC(F)(F)F)C(=O)O. The van der Waals surface area contributed by atoms with Gasteiger partial charge in [-0.2, -0.15) is 13.2 Å². The Morgan fingerprint density at radius 2 is 2.00 bits per heavy atom. The van der Waals surface area contributed by atoms with Crippen LogP contribution >= 0.6 is 0 Å². The third-order valence-electron chi connectivity index (χ3n) is 1.71. The van der Waals surface area contributed by atoms with Crippen LogP contribution in [0.2, 0.25) is 0 Å². The van der Waals surface area contributed by atoms with E-state index in [1.165, 1.54) is 0 Å². The number of carbonyl (C=O) groups excluding carboxylic acids is 1. The highest BCUT2D eigenvalue weighted by atomic mass is 19.4. The van der Waals surface area contributed by atoms with Gasteiger partial charge >= 0.3 is 12.1 Å². The van der Waals surface area contributed by atoms with Crippen molar-refractivity contribution in [1.82, 2.24) is 5.32 Å². The molecule has 5 nitrogen and oxygen atoms in total. The van der Waals surface area contributed by atoms with E-state index in [0.29, 0.717) is 6.42 Å². The normalized spacial score (nSPS) is 13.2. The maximum absolute atomic E-state index is 11.7. The summed E-state index contributed by atoms with van der Waals surface area (Å²) < 4.78 is 39.1. The summed E-state index contributed by atoms with van der Waals surface area (Å²) >= 11 is 0. The lowest BCUT2D eigenvalue weighted by Crippen LogP contribution is -2.42. The van der Waals surface area contributed by atoms with Gasteiger partial charge in [0.05, 0.1) is 0 Å². The molecule has 1 amide bonds. The van der Waals surface area contributed by atoms with E-state index in [0.717, 1.165) is 0 Å². The Bertz CT molecular complexity index is 267. The summed E-state index contributed by atoms with van der Waals surface area (Å²) in [5.74, 6) is -2.11. The number of halogens is 3. The van der Waals surface area contributed by atoms with E-state index in [-0.39, 0.29) is 6.42 Å². The molecule has 0 unspecified atom stereocenters. The Morgan fingerprint density at radius 3 is 2.41 bits per heavy atom. The maximum atomic E-state index is 11.7. The minimum absolute atomic E-state index is 0.209. The van der Waals surface area contributed by atoms with Crippen molar-refractivity contribution in [3.8, 4) is 0 Å². The largest absolute Gasteiger partial charge is 0.480 e. The molecule has 0 aromatic heterocycles. The van der Waals surface area contributed by atoms with Crippen molar-refractivity contribution in [2.45, 2.75) is 32.0 Å². The Kier molecular flexibility index (Phi) is 6.55. The lowest BCUT2D eigenvalue weighted by atomic mass is 10.2. The van der Waals surface area contributed by atoms with Gasteiger partial charge in [-0.3, -0.25) is 4.79 Å². The molecular weight excluding hydrogens is 243 g/mol. The van der Waals surface area contributed by atoms with E-state index in [4.69, 9.17) is 5.11 Å². The molecule has 0 bridgehead atoms. The molecule has 0 saturated heterocycles. The monoisotopic (exact) mass is 257 g/mol. The van der Waals surface area contributed by atoms with Crippen molar-refractivity contribution in [2.24, 2.45) is 0 Å². The minimum Gasteiger partial charge on any atom is -0.480 e. The van der Waals surface area contributed by atoms with Crippen LogP contribution in [0.3, 0.4) is 0 Å². The molecule has 0 heterocycles. The standard InChI is InChI=1S/C9H14F3NO4/c1-2-3-6(8(15)16)13-7(14)4-17-5-9(10,11)12/h6H,2-5H2,1H3,(H,13,14)(H,15,16)/t6-/m1/s1. The van der Waals surface area contributed by atoms with Gasteiger partial charge < -0.3 is 15.2 Å². The van der Waals surface area contributed by atoms with Gasteiger partial charge in [-0.05, 0) is 6.42 Å². The summed E-state index contributed by atoms with van der Waals surface area (Å²) in [6, 6.07) is -1.10. The zero-order chi connectivity index (χ0) is 13.5. The van der Waals surface area contributed by atoms with Crippen LogP contribution in [0, 0.1) is 0 Å².